The van der Waals surface area contributed by atoms with Gasteiger partial charge in [0.2, 0.25) is 11.8 Å². The van der Waals surface area contributed by atoms with Gasteiger partial charge in [0.25, 0.3) is 0 Å². The molecular weight excluding hydrogens is 250 g/mol. The molecular formula is C8H6F2N6O2. The Bertz CT molecular complexity index is 641. The summed E-state index contributed by atoms with van der Waals surface area (Å²) < 4.78 is 27.7. The van der Waals surface area contributed by atoms with E-state index in [1.807, 2.05) is 0 Å². The van der Waals surface area contributed by atoms with Gasteiger partial charge in [-0.3, -0.25) is 10.1 Å². The molecule has 1 heterocycles. The topological polar surface area (TPSA) is 126 Å². The van der Waals surface area contributed by atoms with Gasteiger partial charge in [0, 0.05) is 0 Å². The standard InChI is InChI=1S/C8H6F2N6O2/c9-3-1-4(6(10)5(2-3)16(17)18)7-13-14-8(11)15(7)12/h1-2H,12H2,(H2,11,14). The number of nitrogen functional groups attached to an aromatic ring is 2. The fraction of sp³-hybridized carbons (Fsp3) is 0. The Balaban J connectivity index is 2.72. The molecule has 0 aliphatic carbocycles. The number of nitro groups is 1. The highest BCUT2D eigenvalue weighted by molar-refractivity contribution is 5.62. The van der Waals surface area contributed by atoms with Crippen molar-refractivity contribution < 1.29 is 13.7 Å². The highest BCUT2D eigenvalue weighted by Gasteiger charge is 2.24. The van der Waals surface area contributed by atoms with Gasteiger partial charge in [-0.05, 0) is 6.07 Å². The van der Waals surface area contributed by atoms with Crippen molar-refractivity contribution in [3.05, 3.63) is 33.9 Å². The van der Waals surface area contributed by atoms with Gasteiger partial charge in [-0.15, -0.1) is 10.2 Å². The predicted octanol–water partition coefficient (Wildman–Crippen LogP) is 0.427. The molecule has 1 aromatic carbocycles. The molecule has 0 saturated carbocycles. The molecule has 0 aliphatic heterocycles. The second-order valence-corrected chi connectivity index (χ2v) is 3.30. The summed E-state index contributed by atoms with van der Waals surface area (Å²) in [7, 11) is 0. The average molecular weight is 256 g/mol. The van der Waals surface area contributed by atoms with Crippen molar-refractivity contribution in [1.29, 1.82) is 0 Å². The van der Waals surface area contributed by atoms with Crippen LogP contribution in [-0.4, -0.2) is 19.8 Å². The van der Waals surface area contributed by atoms with Gasteiger partial charge in [-0.25, -0.2) is 9.07 Å². The molecule has 0 radical (unpaired) electrons. The van der Waals surface area contributed by atoms with E-state index in [0.717, 1.165) is 6.07 Å². The van der Waals surface area contributed by atoms with Crippen LogP contribution in [0.3, 0.4) is 0 Å². The number of nitrogens with zero attached hydrogens (tertiary/aromatic N) is 4. The summed E-state index contributed by atoms with van der Waals surface area (Å²) >= 11 is 0. The molecule has 94 valence electrons. The minimum atomic E-state index is -1.26. The zero-order valence-corrected chi connectivity index (χ0v) is 8.67. The molecule has 1 aromatic heterocycles. The van der Waals surface area contributed by atoms with Gasteiger partial charge in [0.05, 0.1) is 16.6 Å². The molecule has 0 saturated heterocycles. The van der Waals surface area contributed by atoms with Gasteiger partial charge in [0.1, 0.15) is 5.82 Å². The Labute approximate surface area is 97.9 Å². The van der Waals surface area contributed by atoms with Gasteiger partial charge in [0.15, 0.2) is 5.82 Å². The van der Waals surface area contributed by atoms with E-state index in [2.05, 4.69) is 10.2 Å². The van der Waals surface area contributed by atoms with Crippen molar-refractivity contribution in [2.24, 2.45) is 0 Å². The smallest absolute Gasteiger partial charge is 0.308 e. The van der Waals surface area contributed by atoms with Crippen LogP contribution in [0.2, 0.25) is 0 Å². The van der Waals surface area contributed by atoms with Crippen LogP contribution in [-0.2, 0) is 0 Å². The monoisotopic (exact) mass is 256 g/mol. The first-order chi connectivity index (χ1) is 8.41. The lowest BCUT2D eigenvalue weighted by Gasteiger charge is -2.03. The minimum absolute atomic E-state index is 0.240. The first kappa shape index (κ1) is 11.7. The third-order valence-electron chi connectivity index (χ3n) is 2.18. The van der Waals surface area contributed by atoms with Gasteiger partial charge < -0.3 is 11.6 Å². The number of nitro benzene ring substituents is 1. The summed E-state index contributed by atoms with van der Waals surface area (Å²) in [5.74, 6) is 2.57. The van der Waals surface area contributed by atoms with Crippen LogP contribution >= 0.6 is 0 Å². The molecule has 0 amide bonds. The zero-order valence-electron chi connectivity index (χ0n) is 8.67. The number of benzene rings is 1. The molecule has 0 unspecified atom stereocenters. The summed E-state index contributed by atoms with van der Waals surface area (Å²) in [4.78, 5) is 9.49. The number of hydrogen-bond acceptors (Lipinski definition) is 6. The molecule has 0 bridgehead atoms. The lowest BCUT2D eigenvalue weighted by molar-refractivity contribution is -0.387. The Morgan fingerprint density at radius 3 is 2.50 bits per heavy atom. The second-order valence-electron chi connectivity index (χ2n) is 3.30. The summed E-state index contributed by atoms with van der Waals surface area (Å²) in [6, 6.07) is 1.18. The average Bonchev–Trinajstić information content (AvgIpc) is 2.62. The van der Waals surface area contributed by atoms with Crippen molar-refractivity contribution in [3.8, 4) is 11.4 Å². The first-order valence-corrected chi connectivity index (χ1v) is 4.51. The molecule has 0 atom stereocenters. The number of hydrogen-bond donors (Lipinski definition) is 2. The fourth-order valence-corrected chi connectivity index (χ4v) is 1.36. The fourth-order valence-electron chi connectivity index (χ4n) is 1.36. The van der Waals surface area contributed by atoms with E-state index in [-0.39, 0.29) is 11.8 Å². The highest BCUT2D eigenvalue weighted by Crippen LogP contribution is 2.29. The van der Waals surface area contributed by atoms with Crippen LogP contribution in [0.5, 0.6) is 0 Å². The van der Waals surface area contributed by atoms with E-state index in [1.165, 1.54) is 0 Å². The largest absolute Gasteiger partial charge is 0.366 e. The van der Waals surface area contributed by atoms with Crippen LogP contribution in [0.15, 0.2) is 12.1 Å². The summed E-state index contributed by atoms with van der Waals surface area (Å²) in [5, 5.41) is 17.3. The summed E-state index contributed by atoms with van der Waals surface area (Å²) in [6.07, 6.45) is 0. The van der Waals surface area contributed by atoms with Crippen molar-refractivity contribution in [2.45, 2.75) is 0 Å². The van der Waals surface area contributed by atoms with E-state index < -0.39 is 27.8 Å². The van der Waals surface area contributed by atoms with Crippen molar-refractivity contribution in [1.82, 2.24) is 14.9 Å². The Morgan fingerprint density at radius 2 is 2.00 bits per heavy atom. The molecule has 2 rings (SSSR count). The molecule has 8 nitrogen and oxygen atoms in total. The predicted molar refractivity (Wildman–Crippen MR) is 56.6 cm³/mol. The van der Waals surface area contributed by atoms with Gasteiger partial charge >= 0.3 is 5.69 Å². The van der Waals surface area contributed by atoms with Crippen LogP contribution in [0.1, 0.15) is 0 Å². The number of aromatic nitrogens is 3. The van der Waals surface area contributed by atoms with Crippen LogP contribution in [0.25, 0.3) is 11.4 Å². The maximum absolute atomic E-state index is 13.8. The highest BCUT2D eigenvalue weighted by atomic mass is 19.1. The Morgan fingerprint density at radius 1 is 1.33 bits per heavy atom. The Hall–Kier alpha value is -2.78. The first-order valence-electron chi connectivity index (χ1n) is 4.51. The van der Waals surface area contributed by atoms with E-state index in [0.29, 0.717) is 10.7 Å². The third kappa shape index (κ3) is 1.69. The maximum Gasteiger partial charge on any atom is 0.308 e. The van der Waals surface area contributed by atoms with Gasteiger partial charge in [-0.2, -0.15) is 4.39 Å². The molecule has 4 N–H and O–H groups in total. The number of nitrogens with two attached hydrogens (primary N) is 2. The number of anilines is 1. The second kappa shape index (κ2) is 3.91. The van der Waals surface area contributed by atoms with Crippen molar-refractivity contribution in [2.75, 3.05) is 11.6 Å². The van der Waals surface area contributed by atoms with E-state index in [9.17, 15) is 18.9 Å². The normalized spacial score (nSPS) is 10.6. The molecule has 0 aliphatic rings. The van der Waals surface area contributed by atoms with Crippen LogP contribution in [0.4, 0.5) is 20.4 Å². The molecule has 2 aromatic rings. The van der Waals surface area contributed by atoms with Gasteiger partial charge in [-0.1, -0.05) is 0 Å². The third-order valence-corrected chi connectivity index (χ3v) is 2.18. The van der Waals surface area contributed by atoms with Crippen molar-refractivity contribution >= 4 is 11.6 Å². The quantitative estimate of drug-likeness (QED) is 0.455. The molecule has 0 fully saturated rings. The molecule has 10 heteroatoms. The lowest BCUT2D eigenvalue weighted by Crippen LogP contribution is -2.14. The summed E-state index contributed by atoms with van der Waals surface area (Å²) in [6.45, 7) is 0. The van der Waals surface area contributed by atoms with E-state index in [1.54, 1.807) is 0 Å². The molecule has 18 heavy (non-hydrogen) atoms. The van der Waals surface area contributed by atoms with E-state index in [4.69, 9.17) is 11.6 Å². The van der Waals surface area contributed by atoms with Crippen molar-refractivity contribution in [3.63, 3.8) is 0 Å². The Kier molecular flexibility index (Phi) is 2.54. The lowest BCUT2D eigenvalue weighted by atomic mass is 10.1. The molecule has 0 spiro atoms. The SMILES string of the molecule is Nc1nnc(-c2cc(F)cc([N+](=O)[O-])c2F)n1N. The van der Waals surface area contributed by atoms with Crippen LogP contribution in [0, 0.1) is 21.7 Å². The maximum atomic E-state index is 13.8. The number of halogens is 2. The number of rotatable bonds is 2. The van der Waals surface area contributed by atoms with E-state index >= 15 is 0 Å². The summed E-state index contributed by atoms with van der Waals surface area (Å²) in [5.41, 5.74) is 3.76. The zero-order chi connectivity index (χ0) is 13.4. The minimum Gasteiger partial charge on any atom is -0.366 e. The van der Waals surface area contributed by atoms with Crippen LogP contribution < -0.4 is 11.6 Å².